The van der Waals surface area contributed by atoms with E-state index < -0.39 is 34.4 Å². The van der Waals surface area contributed by atoms with Gasteiger partial charge in [-0.05, 0) is 35.7 Å². The molecule has 1 aromatic heterocycles. The minimum Gasteiger partial charge on any atom is -0.455 e. The number of amides is 2. The monoisotopic (exact) mass is 445 g/mol. The molecule has 3 N–H and O–H groups in total. The molecule has 0 aliphatic heterocycles. The molecule has 12 heteroatoms. The SMILES string of the molecule is O=C(COC(=O)CCNS(=O)(=O)c1cccs1)NNC(=O)c1ccc(Cl)cc1. The first-order chi connectivity index (χ1) is 13.3. The van der Waals surface area contributed by atoms with Gasteiger partial charge in [-0.1, -0.05) is 17.7 Å². The first-order valence-corrected chi connectivity index (χ1v) is 10.6. The Morgan fingerprint density at radius 3 is 2.43 bits per heavy atom. The highest BCUT2D eigenvalue weighted by Crippen LogP contribution is 2.15. The zero-order valence-corrected chi connectivity index (χ0v) is 16.7. The number of carbonyl (C=O) groups excluding carboxylic acids is 3. The molecule has 0 radical (unpaired) electrons. The molecule has 1 heterocycles. The van der Waals surface area contributed by atoms with Gasteiger partial charge in [0.2, 0.25) is 10.0 Å². The first kappa shape index (κ1) is 21.8. The van der Waals surface area contributed by atoms with Gasteiger partial charge in [0, 0.05) is 17.1 Å². The van der Waals surface area contributed by atoms with Crippen molar-refractivity contribution in [1.82, 2.24) is 15.6 Å². The summed E-state index contributed by atoms with van der Waals surface area (Å²) < 4.78 is 30.8. The maximum atomic E-state index is 11.9. The molecule has 2 rings (SSSR count). The Labute approximate surface area is 170 Å². The molecular formula is C16H16ClN3O6S2. The summed E-state index contributed by atoms with van der Waals surface area (Å²) in [6, 6.07) is 9.02. The molecule has 0 saturated carbocycles. The van der Waals surface area contributed by atoms with Gasteiger partial charge in [-0.15, -0.1) is 11.3 Å². The summed E-state index contributed by atoms with van der Waals surface area (Å²) in [5.74, 6) is -2.10. The molecule has 28 heavy (non-hydrogen) atoms. The predicted molar refractivity (Wildman–Crippen MR) is 102 cm³/mol. The number of rotatable bonds is 8. The molecule has 0 fully saturated rings. The summed E-state index contributed by atoms with van der Waals surface area (Å²) in [5, 5.41) is 2.08. The molecule has 0 aliphatic rings. The first-order valence-electron chi connectivity index (χ1n) is 7.81. The van der Waals surface area contributed by atoms with Crippen molar-refractivity contribution >= 4 is 50.7 Å². The van der Waals surface area contributed by atoms with E-state index in [4.69, 9.17) is 16.3 Å². The highest BCUT2D eigenvalue weighted by Gasteiger charge is 2.16. The second-order valence-corrected chi connectivity index (χ2v) is 8.63. The van der Waals surface area contributed by atoms with E-state index in [1.54, 1.807) is 11.4 Å². The van der Waals surface area contributed by atoms with Gasteiger partial charge in [-0.25, -0.2) is 13.1 Å². The van der Waals surface area contributed by atoms with Crippen molar-refractivity contribution in [1.29, 1.82) is 0 Å². The number of hydrogen-bond acceptors (Lipinski definition) is 7. The lowest BCUT2D eigenvalue weighted by Gasteiger charge is -2.08. The normalized spacial score (nSPS) is 10.9. The van der Waals surface area contributed by atoms with Gasteiger partial charge in [0.05, 0.1) is 6.42 Å². The molecule has 9 nitrogen and oxygen atoms in total. The van der Waals surface area contributed by atoms with E-state index in [2.05, 4.69) is 15.6 Å². The van der Waals surface area contributed by atoms with E-state index >= 15 is 0 Å². The number of hydrazine groups is 1. The van der Waals surface area contributed by atoms with Crippen LogP contribution < -0.4 is 15.6 Å². The summed E-state index contributed by atoms with van der Waals surface area (Å²) in [4.78, 5) is 35.0. The van der Waals surface area contributed by atoms with Crippen LogP contribution in [0.5, 0.6) is 0 Å². The number of thiophene rings is 1. The number of ether oxygens (including phenoxy) is 1. The van der Waals surface area contributed by atoms with Crippen LogP contribution in [0.1, 0.15) is 16.8 Å². The van der Waals surface area contributed by atoms with E-state index in [1.165, 1.54) is 30.3 Å². The van der Waals surface area contributed by atoms with Gasteiger partial charge >= 0.3 is 5.97 Å². The topological polar surface area (TPSA) is 131 Å². The van der Waals surface area contributed by atoms with Crippen LogP contribution in [0.4, 0.5) is 0 Å². The molecule has 0 aliphatic carbocycles. The second-order valence-electron chi connectivity index (χ2n) is 5.25. The van der Waals surface area contributed by atoms with Crippen molar-refractivity contribution in [2.45, 2.75) is 10.6 Å². The molecule has 0 atom stereocenters. The molecule has 0 saturated heterocycles. The van der Waals surface area contributed by atoms with Crippen LogP contribution in [0.15, 0.2) is 46.0 Å². The third-order valence-corrected chi connectivity index (χ3v) is 6.28. The number of halogens is 1. The molecule has 0 spiro atoms. The van der Waals surface area contributed by atoms with E-state index in [0.29, 0.717) is 5.02 Å². The van der Waals surface area contributed by atoms with Crippen LogP contribution in [0.3, 0.4) is 0 Å². The van der Waals surface area contributed by atoms with Crippen LogP contribution >= 0.6 is 22.9 Å². The van der Waals surface area contributed by atoms with Gasteiger partial charge < -0.3 is 4.74 Å². The second kappa shape index (κ2) is 10.2. The van der Waals surface area contributed by atoms with Crippen LogP contribution in [0, 0.1) is 0 Å². The highest BCUT2D eigenvalue weighted by molar-refractivity contribution is 7.91. The fourth-order valence-corrected chi connectivity index (χ4v) is 4.02. The number of benzene rings is 1. The maximum Gasteiger partial charge on any atom is 0.307 e. The highest BCUT2D eigenvalue weighted by atomic mass is 35.5. The van der Waals surface area contributed by atoms with E-state index in [9.17, 15) is 22.8 Å². The van der Waals surface area contributed by atoms with Crippen molar-refractivity contribution in [2.75, 3.05) is 13.2 Å². The van der Waals surface area contributed by atoms with Gasteiger partial charge in [-0.2, -0.15) is 0 Å². The Morgan fingerprint density at radius 2 is 1.79 bits per heavy atom. The molecule has 150 valence electrons. The van der Waals surface area contributed by atoms with E-state index in [1.807, 2.05) is 0 Å². The van der Waals surface area contributed by atoms with Gasteiger partial charge in [0.1, 0.15) is 4.21 Å². The molecule has 0 bridgehead atoms. The minimum absolute atomic E-state index is 0.136. The average Bonchev–Trinajstić information content (AvgIpc) is 3.20. The lowest BCUT2D eigenvalue weighted by atomic mass is 10.2. The molecule has 1 aromatic carbocycles. The summed E-state index contributed by atoms with van der Waals surface area (Å²) in [7, 11) is -3.67. The van der Waals surface area contributed by atoms with E-state index in [-0.39, 0.29) is 22.7 Å². The molecule has 2 amide bonds. The number of hydrogen-bond donors (Lipinski definition) is 3. The third kappa shape index (κ3) is 6.93. The zero-order chi connectivity index (χ0) is 20.6. The fraction of sp³-hybridized carbons (Fsp3) is 0.188. The van der Waals surface area contributed by atoms with Gasteiger partial charge in [0.25, 0.3) is 11.8 Å². The third-order valence-electron chi connectivity index (χ3n) is 3.17. The summed E-state index contributed by atoms with van der Waals surface area (Å²) in [6.07, 6.45) is -0.255. The maximum absolute atomic E-state index is 11.9. The van der Waals surface area contributed by atoms with Gasteiger partial charge in [-0.3, -0.25) is 25.2 Å². The van der Waals surface area contributed by atoms with Gasteiger partial charge in [0.15, 0.2) is 6.61 Å². The van der Waals surface area contributed by atoms with Crippen molar-refractivity contribution in [3.05, 3.63) is 52.4 Å². The van der Waals surface area contributed by atoms with Crippen molar-refractivity contribution in [2.24, 2.45) is 0 Å². The van der Waals surface area contributed by atoms with E-state index in [0.717, 1.165) is 11.3 Å². The summed E-state index contributed by atoms with van der Waals surface area (Å²) >= 11 is 6.76. The quantitative estimate of drug-likeness (QED) is 0.411. The lowest BCUT2D eigenvalue weighted by molar-refractivity contribution is -0.148. The number of nitrogens with one attached hydrogen (secondary N) is 3. The largest absolute Gasteiger partial charge is 0.455 e. The van der Waals surface area contributed by atoms with Crippen LogP contribution in [-0.2, 0) is 24.3 Å². The van der Waals surface area contributed by atoms with Crippen molar-refractivity contribution < 1.29 is 27.5 Å². The van der Waals surface area contributed by atoms with Crippen molar-refractivity contribution in [3.63, 3.8) is 0 Å². The Kier molecular flexibility index (Phi) is 7.93. The molecule has 2 aromatic rings. The lowest BCUT2D eigenvalue weighted by Crippen LogP contribution is -2.43. The van der Waals surface area contributed by atoms with Crippen LogP contribution in [0.2, 0.25) is 5.02 Å². The minimum atomic E-state index is -3.67. The number of sulfonamides is 1. The van der Waals surface area contributed by atoms with Crippen LogP contribution in [-0.4, -0.2) is 39.4 Å². The van der Waals surface area contributed by atoms with Crippen LogP contribution in [0.25, 0.3) is 0 Å². The zero-order valence-electron chi connectivity index (χ0n) is 14.3. The Balaban J connectivity index is 1.64. The Morgan fingerprint density at radius 1 is 1.07 bits per heavy atom. The fourth-order valence-electron chi connectivity index (χ4n) is 1.83. The number of esters is 1. The Hall–Kier alpha value is -2.47. The number of carbonyl (C=O) groups is 3. The predicted octanol–water partition coefficient (Wildman–Crippen LogP) is 1.07. The average molecular weight is 446 g/mol. The smallest absolute Gasteiger partial charge is 0.307 e. The standard InChI is InChI=1S/C16H16ClN3O6S2/c17-12-5-3-11(4-6-12)16(23)20-19-13(21)10-26-14(22)7-8-18-28(24,25)15-2-1-9-27-15/h1-6,9,18H,7-8,10H2,(H,19,21)(H,20,23). The molecule has 0 unspecified atom stereocenters. The Bertz CT molecular complexity index is 930. The summed E-state index contributed by atoms with van der Waals surface area (Å²) in [5.41, 5.74) is 4.53. The molecular weight excluding hydrogens is 430 g/mol. The van der Waals surface area contributed by atoms with Crippen molar-refractivity contribution in [3.8, 4) is 0 Å². The summed E-state index contributed by atoms with van der Waals surface area (Å²) in [6.45, 7) is -0.800.